The van der Waals surface area contributed by atoms with Crippen LogP contribution in [0.4, 0.5) is 5.69 Å². The van der Waals surface area contributed by atoms with Gasteiger partial charge in [-0.05, 0) is 49.4 Å². The maximum Gasteiger partial charge on any atom is 0.338 e. The summed E-state index contributed by atoms with van der Waals surface area (Å²) in [4.78, 5) is 43.8. The Balaban J connectivity index is 1.63. The highest BCUT2D eigenvalue weighted by Crippen LogP contribution is 2.35. The zero-order chi connectivity index (χ0) is 27.7. The molecule has 0 amide bonds. The summed E-state index contributed by atoms with van der Waals surface area (Å²) in [6.07, 6.45) is 2.99. The van der Waals surface area contributed by atoms with E-state index >= 15 is 0 Å². The van der Waals surface area contributed by atoms with Gasteiger partial charge in [0.05, 0.1) is 27.3 Å². The van der Waals surface area contributed by atoms with Gasteiger partial charge in [-0.25, -0.2) is 9.79 Å². The van der Waals surface area contributed by atoms with Crippen LogP contribution in [0.25, 0.3) is 17.4 Å². The first-order chi connectivity index (χ1) is 18.8. The van der Waals surface area contributed by atoms with Crippen molar-refractivity contribution in [2.45, 2.75) is 39.7 Å². The highest BCUT2D eigenvalue weighted by molar-refractivity contribution is 7.10. The first kappa shape index (κ1) is 26.5. The smallest absolute Gasteiger partial charge is 0.338 e. The lowest BCUT2D eigenvalue weighted by Gasteiger charge is -2.24. The first-order valence-electron chi connectivity index (χ1n) is 12.4. The molecule has 39 heavy (non-hydrogen) atoms. The van der Waals surface area contributed by atoms with Crippen LogP contribution in [0, 0.1) is 17.0 Å². The predicted octanol–water partition coefficient (Wildman–Crippen LogP) is 5.12. The Bertz CT molecular complexity index is 1780. The van der Waals surface area contributed by atoms with Crippen LogP contribution < -0.4 is 14.9 Å². The number of benzene rings is 1. The average molecular weight is 564 g/mol. The molecule has 11 heteroatoms. The lowest BCUT2D eigenvalue weighted by atomic mass is 9.99. The van der Waals surface area contributed by atoms with E-state index in [4.69, 9.17) is 14.1 Å². The molecular weight excluding hydrogens is 538 g/mol. The van der Waals surface area contributed by atoms with Crippen molar-refractivity contribution in [3.63, 3.8) is 0 Å². The van der Waals surface area contributed by atoms with E-state index in [0.29, 0.717) is 44.1 Å². The lowest BCUT2D eigenvalue weighted by Crippen LogP contribution is -2.39. The number of hydrogen-bond donors (Lipinski definition) is 0. The molecule has 4 heterocycles. The normalized spacial score (nSPS) is 15.3. The number of non-ortho nitro benzene ring substituents is 1. The van der Waals surface area contributed by atoms with Crippen molar-refractivity contribution in [2.75, 3.05) is 6.61 Å². The van der Waals surface area contributed by atoms with Crippen LogP contribution in [0.1, 0.15) is 48.9 Å². The Morgan fingerprint density at radius 1 is 1.26 bits per heavy atom. The number of aromatic nitrogens is 1. The Morgan fingerprint density at radius 3 is 2.77 bits per heavy atom. The fraction of sp³-hybridized carbons (Fsp3) is 0.250. The number of rotatable bonds is 8. The molecule has 5 rings (SSSR count). The van der Waals surface area contributed by atoms with Gasteiger partial charge in [0.1, 0.15) is 17.6 Å². The molecular formula is C28H25N3O6S2. The van der Waals surface area contributed by atoms with Gasteiger partial charge < -0.3 is 9.15 Å². The van der Waals surface area contributed by atoms with Crippen LogP contribution in [0.3, 0.4) is 0 Å². The Kier molecular flexibility index (Phi) is 7.45. The maximum absolute atomic E-state index is 13.8. The number of carbonyl (C=O) groups is 1. The second-order valence-corrected chi connectivity index (χ2v) is 10.9. The zero-order valence-corrected chi connectivity index (χ0v) is 23.1. The Labute approximate surface area is 231 Å². The summed E-state index contributed by atoms with van der Waals surface area (Å²) < 4.78 is 13.3. The monoisotopic (exact) mass is 563 g/mol. The quantitative estimate of drug-likeness (QED) is 0.167. The van der Waals surface area contributed by atoms with Gasteiger partial charge in [-0.3, -0.25) is 19.5 Å². The summed E-state index contributed by atoms with van der Waals surface area (Å²) in [5.74, 6) is 0.411. The number of hydrogen-bond acceptors (Lipinski definition) is 9. The lowest BCUT2D eigenvalue weighted by molar-refractivity contribution is -0.384. The molecule has 9 nitrogen and oxygen atoms in total. The largest absolute Gasteiger partial charge is 0.463 e. The van der Waals surface area contributed by atoms with Gasteiger partial charge >= 0.3 is 5.97 Å². The van der Waals surface area contributed by atoms with Crippen molar-refractivity contribution in [1.82, 2.24) is 4.57 Å². The minimum atomic E-state index is -0.635. The molecule has 3 aromatic heterocycles. The van der Waals surface area contributed by atoms with Gasteiger partial charge in [-0.2, -0.15) is 0 Å². The summed E-state index contributed by atoms with van der Waals surface area (Å²) in [5, 5.41) is 13.2. The van der Waals surface area contributed by atoms with E-state index in [-0.39, 0.29) is 17.9 Å². The van der Waals surface area contributed by atoms with Crippen molar-refractivity contribution in [3.8, 4) is 11.3 Å². The molecule has 1 aromatic carbocycles. The van der Waals surface area contributed by atoms with Crippen molar-refractivity contribution < 1.29 is 18.9 Å². The molecule has 1 unspecified atom stereocenters. The van der Waals surface area contributed by atoms with Gasteiger partial charge in [0.25, 0.3) is 11.2 Å². The second kappa shape index (κ2) is 11.0. The summed E-state index contributed by atoms with van der Waals surface area (Å²) in [5.41, 5.74) is 2.12. The number of aryl methyl sites for hydroxylation is 1. The number of nitrogens with zero attached hydrogens (tertiary/aromatic N) is 3. The van der Waals surface area contributed by atoms with E-state index in [0.717, 1.165) is 16.9 Å². The molecule has 0 saturated carbocycles. The summed E-state index contributed by atoms with van der Waals surface area (Å²) >= 11 is 2.69. The van der Waals surface area contributed by atoms with Gasteiger partial charge in [0.2, 0.25) is 0 Å². The van der Waals surface area contributed by atoms with Crippen molar-refractivity contribution in [3.05, 3.63) is 105 Å². The molecule has 1 aliphatic rings. The topological polar surface area (TPSA) is 117 Å². The summed E-state index contributed by atoms with van der Waals surface area (Å²) in [7, 11) is 0. The molecule has 0 bridgehead atoms. The summed E-state index contributed by atoms with van der Waals surface area (Å²) in [6, 6.07) is 11.2. The molecule has 0 radical (unpaired) electrons. The van der Waals surface area contributed by atoms with E-state index in [1.165, 1.54) is 34.8 Å². The van der Waals surface area contributed by atoms with E-state index in [1.807, 2.05) is 31.4 Å². The molecule has 1 atom stereocenters. The molecule has 0 saturated heterocycles. The highest BCUT2D eigenvalue weighted by Gasteiger charge is 2.34. The minimum absolute atomic E-state index is 0.0317. The van der Waals surface area contributed by atoms with Crippen LogP contribution in [0.15, 0.2) is 73.3 Å². The minimum Gasteiger partial charge on any atom is -0.463 e. The number of nitro groups is 1. The number of furan rings is 1. The van der Waals surface area contributed by atoms with Crippen LogP contribution >= 0.6 is 22.7 Å². The Morgan fingerprint density at radius 2 is 2.08 bits per heavy atom. The maximum atomic E-state index is 13.8. The summed E-state index contributed by atoms with van der Waals surface area (Å²) in [6.45, 7) is 5.82. The van der Waals surface area contributed by atoms with Crippen LogP contribution in [0.2, 0.25) is 0 Å². The number of fused-ring (bicyclic) bond motifs is 1. The van der Waals surface area contributed by atoms with Crippen molar-refractivity contribution in [2.24, 2.45) is 4.99 Å². The molecule has 200 valence electrons. The standard InChI is InChI=1S/C28H25N3O6S2/c1-4-7-20-24(27(33)36-5-2)25(22-8-6-13-38-22)30-26(32)23(39-28(30)29-20)15-18-11-12-21(37-18)19-14-17(31(34)35)10-9-16(19)3/h6,8-15,25H,4-5,7H2,1-3H3/b23-15-. The van der Waals surface area contributed by atoms with Crippen LogP contribution in [-0.4, -0.2) is 22.1 Å². The fourth-order valence-electron chi connectivity index (χ4n) is 4.53. The number of allylic oxidation sites excluding steroid dienone is 1. The van der Waals surface area contributed by atoms with E-state index in [2.05, 4.69) is 0 Å². The predicted molar refractivity (Wildman–Crippen MR) is 149 cm³/mol. The third-order valence-electron chi connectivity index (χ3n) is 6.30. The number of ether oxygens (including phenoxy) is 1. The highest BCUT2D eigenvalue weighted by atomic mass is 32.1. The van der Waals surface area contributed by atoms with E-state index in [1.54, 1.807) is 35.8 Å². The molecule has 0 N–H and O–H groups in total. The number of carbonyl (C=O) groups excluding carboxylic acids is 1. The number of thiophene rings is 1. The van der Waals surface area contributed by atoms with Gasteiger partial charge in [0.15, 0.2) is 4.80 Å². The van der Waals surface area contributed by atoms with Crippen molar-refractivity contribution in [1.29, 1.82) is 0 Å². The fourth-order valence-corrected chi connectivity index (χ4v) is 6.35. The Hall–Kier alpha value is -4.09. The SMILES string of the molecule is CCCC1=C(C(=O)OCC)C(c2cccs2)n2c(s/c(=C\c3ccc(-c4cc([N+](=O)[O-])ccc4C)o3)c2=O)=N1. The van der Waals surface area contributed by atoms with Gasteiger partial charge in [-0.15, -0.1) is 11.3 Å². The first-order valence-corrected chi connectivity index (χ1v) is 14.1. The van der Waals surface area contributed by atoms with E-state index in [9.17, 15) is 19.7 Å². The molecule has 4 aromatic rings. The average Bonchev–Trinajstić information content (AvgIpc) is 3.66. The molecule has 0 aliphatic carbocycles. The number of thiazole rings is 1. The van der Waals surface area contributed by atoms with Crippen molar-refractivity contribution >= 4 is 40.4 Å². The van der Waals surface area contributed by atoms with Gasteiger partial charge in [-0.1, -0.05) is 36.8 Å². The number of esters is 1. The zero-order valence-electron chi connectivity index (χ0n) is 21.5. The number of nitro benzene ring substituents is 1. The molecule has 0 spiro atoms. The molecule has 1 aliphatic heterocycles. The van der Waals surface area contributed by atoms with Crippen LogP contribution in [-0.2, 0) is 9.53 Å². The third kappa shape index (κ3) is 5.02. The van der Waals surface area contributed by atoms with Gasteiger partial charge in [0, 0.05) is 28.6 Å². The second-order valence-electron chi connectivity index (χ2n) is 8.89. The molecule has 0 fully saturated rings. The van der Waals surface area contributed by atoms with E-state index < -0.39 is 16.9 Å². The third-order valence-corrected chi connectivity index (χ3v) is 8.21. The van der Waals surface area contributed by atoms with Crippen LogP contribution in [0.5, 0.6) is 0 Å².